The van der Waals surface area contributed by atoms with Gasteiger partial charge in [-0.15, -0.1) is 0 Å². The largest absolute Gasteiger partial charge is 0.365 e. The number of halogens is 1. The van der Waals surface area contributed by atoms with E-state index >= 15 is 0 Å². The quantitative estimate of drug-likeness (QED) is 0.878. The van der Waals surface area contributed by atoms with E-state index in [9.17, 15) is 4.79 Å². The van der Waals surface area contributed by atoms with Gasteiger partial charge >= 0.3 is 0 Å². The Morgan fingerprint density at radius 2 is 2.17 bits per heavy atom. The molecule has 0 saturated carbocycles. The average molecular weight is 347 g/mol. The SMILES string of the molecule is Cc1nc(C(N)=O)nc(N2CC[C@@H](Nc3ccc(Cl)cn3)C2)c1C. The first-order valence-corrected chi connectivity index (χ1v) is 8.10. The first-order chi connectivity index (χ1) is 11.4. The van der Waals surface area contributed by atoms with Crippen molar-refractivity contribution < 1.29 is 4.79 Å². The van der Waals surface area contributed by atoms with Crippen LogP contribution in [0.2, 0.25) is 5.02 Å². The Morgan fingerprint density at radius 3 is 2.83 bits per heavy atom. The molecule has 0 spiro atoms. The van der Waals surface area contributed by atoms with E-state index < -0.39 is 5.91 Å². The summed E-state index contributed by atoms with van der Waals surface area (Å²) in [7, 11) is 0. The molecular formula is C16H19ClN6O. The van der Waals surface area contributed by atoms with Gasteiger partial charge in [0.25, 0.3) is 5.91 Å². The van der Waals surface area contributed by atoms with E-state index in [2.05, 4.69) is 25.2 Å². The zero-order chi connectivity index (χ0) is 17.3. The molecule has 3 N–H and O–H groups in total. The highest BCUT2D eigenvalue weighted by Gasteiger charge is 2.26. The normalized spacial score (nSPS) is 17.1. The third-order valence-electron chi connectivity index (χ3n) is 4.15. The summed E-state index contributed by atoms with van der Waals surface area (Å²) in [5.41, 5.74) is 7.06. The lowest BCUT2D eigenvalue weighted by molar-refractivity contribution is 0.0990. The number of aromatic nitrogens is 3. The summed E-state index contributed by atoms with van der Waals surface area (Å²) in [6.45, 7) is 5.41. The molecule has 3 heterocycles. The Morgan fingerprint density at radius 1 is 1.38 bits per heavy atom. The van der Waals surface area contributed by atoms with Crippen molar-refractivity contribution in [1.29, 1.82) is 0 Å². The zero-order valence-electron chi connectivity index (χ0n) is 13.6. The van der Waals surface area contributed by atoms with Crippen LogP contribution in [0.1, 0.15) is 28.3 Å². The number of primary amides is 1. The number of carbonyl (C=O) groups excluding carboxylic acids is 1. The van der Waals surface area contributed by atoms with Crippen LogP contribution in [-0.2, 0) is 0 Å². The van der Waals surface area contributed by atoms with Gasteiger partial charge in [0.05, 0.1) is 5.02 Å². The maximum absolute atomic E-state index is 11.4. The molecule has 7 nitrogen and oxygen atoms in total. The molecule has 8 heteroatoms. The van der Waals surface area contributed by atoms with Crippen molar-refractivity contribution in [3.8, 4) is 0 Å². The number of anilines is 2. The van der Waals surface area contributed by atoms with Crippen molar-refractivity contribution in [2.75, 3.05) is 23.3 Å². The van der Waals surface area contributed by atoms with Crippen LogP contribution >= 0.6 is 11.6 Å². The van der Waals surface area contributed by atoms with E-state index in [4.69, 9.17) is 17.3 Å². The van der Waals surface area contributed by atoms with E-state index in [0.717, 1.165) is 42.4 Å². The molecule has 126 valence electrons. The predicted molar refractivity (Wildman–Crippen MR) is 93.5 cm³/mol. The Hall–Kier alpha value is -2.41. The van der Waals surface area contributed by atoms with Crippen LogP contribution in [0.15, 0.2) is 18.3 Å². The van der Waals surface area contributed by atoms with Gasteiger partial charge in [-0.05, 0) is 32.4 Å². The molecule has 1 aliphatic heterocycles. The minimum absolute atomic E-state index is 0.0591. The van der Waals surface area contributed by atoms with Crippen molar-refractivity contribution in [2.24, 2.45) is 5.73 Å². The second-order valence-corrected chi connectivity index (χ2v) is 6.32. The lowest BCUT2D eigenvalue weighted by Crippen LogP contribution is -2.29. The number of hydrogen-bond acceptors (Lipinski definition) is 6. The first kappa shape index (κ1) is 16.4. The standard InChI is InChI=1S/C16H19ClN6O/c1-9-10(2)20-15(14(18)24)22-16(9)23-6-5-12(8-23)21-13-4-3-11(17)7-19-13/h3-4,7,12H,5-6,8H2,1-2H3,(H2,18,24)(H,19,21)/t12-/m1/s1. The van der Waals surface area contributed by atoms with Crippen LogP contribution in [0.3, 0.4) is 0 Å². The summed E-state index contributed by atoms with van der Waals surface area (Å²) in [6.07, 6.45) is 2.56. The first-order valence-electron chi connectivity index (χ1n) is 7.72. The minimum Gasteiger partial charge on any atom is -0.365 e. The molecule has 1 atom stereocenters. The molecule has 1 saturated heterocycles. The third kappa shape index (κ3) is 3.41. The Labute approximate surface area is 145 Å². The van der Waals surface area contributed by atoms with E-state index in [-0.39, 0.29) is 11.9 Å². The number of amides is 1. The summed E-state index contributed by atoms with van der Waals surface area (Å²) in [5, 5.41) is 4.00. The van der Waals surface area contributed by atoms with Gasteiger partial charge in [-0.3, -0.25) is 4.79 Å². The van der Waals surface area contributed by atoms with Gasteiger partial charge in [0, 0.05) is 36.6 Å². The maximum Gasteiger partial charge on any atom is 0.286 e. The Kier molecular flexibility index (Phi) is 4.53. The molecule has 2 aromatic heterocycles. The topological polar surface area (TPSA) is 97.0 Å². The Bertz CT molecular complexity index is 764. The van der Waals surface area contributed by atoms with Gasteiger partial charge in [-0.25, -0.2) is 15.0 Å². The molecule has 0 unspecified atom stereocenters. The lowest BCUT2D eigenvalue weighted by atomic mass is 10.2. The van der Waals surface area contributed by atoms with Crippen molar-refractivity contribution in [1.82, 2.24) is 15.0 Å². The van der Waals surface area contributed by atoms with Gasteiger partial charge in [-0.2, -0.15) is 0 Å². The highest BCUT2D eigenvalue weighted by Crippen LogP contribution is 2.25. The summed E-state index contributed by atoms with van der Waals surface area (Å²) >= 11 is 5.85. The molecule has 0 radical (unpaired) electrons. The predicted octanol–water partition coefficient (Wildman–Crippen LogP) is 1.93. The molecule has 1 aliphatic rings. The van der Waals surface area contributed by atoms with Crippen LogP contribution in [0.4, 0.5) is 11.6 Å². The zero-order valence-corrected chi connectivity index (χ0v) is 14.3. The molecule has 0 aliphatic carbocycles. The number of nitrogens with zero attached hydrogens (tertiary/aromatic N) is 4. The fourth-order valence-corrected chi connectivity index (χ4v) is 2.88. The van der Waals surface area contributed by atoms with E-state index in [1.165, 1.54) is 0 Å². The monoisotopic (exact) mass is 346 g/mol. The number of rotatable bonds is 4. The summed E-state index contributed by atoms with van der Waals surface area (Å²) in [5.74, 6) is 1.01. The van der Waals surface area contributed by atoms with E-state index in [1.807, 2.05) is 19.9 Å². The van der Waals surface area contributed by atoms with Crippen molar-refractivity contribution in [3.05, 3.63) is 40.4 Å². The molecule has 0 aromatic carbocycles. The van der Waals surface area contributed by atoms with Gasteiger partial charge in [-0.1, -0.05) is 11.6 Å². The van der Waals surface area contributed by atoms with Crippen LogP contribution in [0, 0.1) is 13.8 Å². The molecule has 1 fully saturated rings. The maximum atomic E-state index is 11.4. The summed E-state index contributed by atoms with van der Waals surface area (Å²) < 4.78 is 0. The van der Waals surface area contributed by atoms with Crippen molar-refractivity contribution in [2.45, 2.75) is 26.3 Å². The fraction of sp³-hybridized carbons (Fsp3) is 0.375. The highest BCUT2D eigenvalue weighted by molar-refractivity contribution is 6.30. The molecule has 1 amide bonds. The molecular weight excluding hydrogens is 328 g/mol. The smallest absolute Gasteiger partial charge is 0.286 e. The van der Waals surface area contributed by atoms with Crippen molar-refractivity contribution in [3.63, 3.8) is 0 Å². The van der Waals surface area contributed by atoms with Gasteiger partial charge in [0.15, 0.2) is 0 Å². The summed E-state index contributed by atoms with van der Waals surface area (Å²) in [6, 6.07) is 3.90. The van der Waals surface area contributed by atoms with E-state index in [1.54, 1.807) is 12.3 Å². The third-order valence-corrected chi connectivity index (χ3v) is 4.37. The molecule has 3 rings (SSSR count). The lowest BCUT2D eigenvalue weighted by Gasteiger charge is -2.21. The van der Waals surface area contributed by atoms with Gasteiger partial charge in [0.2, 0.25) is 5.82 Å². The van der Waals surface area contributed by atoms with Crippen LogP contribution in [0.5, 0.6) is 0 Å². The number of pyridine rings is 1. The molecule has 0 bridgehead atoms. The van der Waals surface area contributed by atoms with Crippen LogP contribution in [-0.4, -0.2) is 40.0 Å². The second kappa shape index (κ2) is 6.60. The van der Waals surface area contributed by atoms with Crippen molar-refractivity contribution >= 4 is 29.1 Å². The number of aryl methyl sites for hydroxylation is 1. The Balaban J connectivity index is 1.75. The van der Waals surface area contributed by atoms with Crippen LogP contribution < -0.4 is 16.0 Å². The number of nitrogens with two attached hydrogens (primary N) is 1. The minimum atomic E-state index is -0.612. The summed E-state index contributed by atoms with van der Waals surface area (Å²) in [4.78, 5) is 26.3. The second-order valence-electron chi connectivity index (χ2n) is 5.88. The fourth-order valence-electron chi connectivity index (χ4n) is 2.77. The van der Waals surface area contributed by atoms with E-state index in [0.29, 0.717) is 5.02 Å². The number of hydrogen-bond donors (Lipinski definition) is 2. The van der Waals surface area contributed by atoms with Gasteiger partial charge in [0.1, 0.15) is 11.6 Å². The average Bonchev–Trinajstić information content (AvgIpc) is 3.00. The molecule has 24 heavy (non-hydrogen) atoms. The van der Waals surface area contributed by atoms with Gasteiger partial charge < -0.3 is 16.0 Å². The number of nitrogens with one attached hydrogen (secondary N) is 1. The highest BCUT2D eigenvalue weighted by atomic mass is 35.5. The van der Waals surface area contributed by atoms with Crippen LogP contribution in [0.25, 0.3) is 0 Å². The molecule has 2 aromatic rings. The number of carbonyl (C=O) groups is 1.